The summed E-state index contributed by atoms with van der Waals surface area (Å²) in [7, 11) is 0. The third kappa shape index (κ3) is 3.01. The van der Waals surface area contributed by atoms with Crippen LogP contribution in [0.15, 0.2) is 54.6 Å². The number of benzene rings is 2. The van der Waals surface area contributed by atoms with E-state index >= 15 is 0 Å². The molecule has 1 fully saturated rings. The number of ether oxygens (including phenoxy) is 1. The second-order valence-corrected chi connectivity index (χ2v) is 7.11. The summed E-state index contributed by atoms with van der Waals surface area (Å²) in [4.78, 5) is 26.6. The van der Waals surface area contributed by atoms with Crippen molar-refractivity contribution in [3.05, 3.63) is 76.3 Å². The standard InChI is InChI=1S/C21H18ClNO3/c22-16-9-6-15(7-10-16)8-11-19(24)23-13-3-12-21(14-23)18-5-2-1-4-17(18)20(25)26-21/h1-2,4-11H,3,12-14H2/b11-8+. The number of carbonyl (C=O) groups excluding carboxylic acids is 2. The molecule has 1 saturated heterocycles. The van der Waals surface area contributed by atoms with Crippen LogP contribution in [0, 0.1) is 0 Å². The molecule has 4 nitrogen and oxygen atoms in total. The van der Waals surface area contributed by atoms with Crippen LogP contribution in [-0.2, 0) is 15.1 Å². The highest BCUT2D eigenvalue weighted by molar-refractivity contribution is 6.30. The van der Waals surface area contributed by atoms with Gasteiger partial charge >= 0.3 is 5.97 Å². The molecule has 0 radical (unpaired) electrons. The molecule has 2 heterocycles. The molecule has 0 aliphatic carbocycles. The number of amides is 1. The lowest BCUT2D eigenvalue weighted by atomic mass is 9.85. The zero-order valence-electron chi connectivity index (χ0n) is 14.2. The number of hydrogen-bond donors (Lipinski definition) is 0. The third-order valence-electron chi connectivity index (χ3n) is 4.98. The molecule has 0 aromatic heterocycles. The molecule has 1 spiro atoms. The Morgan fingerprint density at radius 3 is 2.73 bits per heavy atom. The summed E-state index contributed by atoms with van der Waals surface area (Å²) in [6.45, 7) is 1.05. The van der Waals surface area contributed by atoms with Gasteiger partial charge in [-0.15, -0.1) is 0 Å². The smallest absolute Gasteiger partial charge is 0.339 e. The first-order valence-corrected chi connectivity index (χ1v) is 9.01. The van der Waals surface area contributed by atoms with Crippen molar-refractivity contribution in [2.45, 2.75) is 18.4 Å². The molecular weight excluding hydrogens is 350 g/mol. The van der Waals surface area contributed by atoms with Crippen LogP contribution in [-0.4, -0.2) is 29.9 Å². The Labute approximate surface area is 157 Å². The van der Waals surface area contributed by atoms with Gasteiger partial charge in [-0.25, -0.2) is 4.79 Å². The molecule has 1 amide bonds. The number of nitrogens with zero attached hydrogens (tertiary/aromatic N) is 1. The van der Waals surface area contributed by atoms with Gasteiger partial charge in [-0.2, -0.15) is 0 Å². The second kappa shape index (κ2) is 6.61. The van der Waals surface area contributed by atoms with E-state index in [1.54, 1.807) is 35.3 Å². The third-order valence-corrected chi connectivity index (χ3v) is 5.23. The molecule has 1 atom stereocenters. The predicted octanol–water partition coefficient (Wildman–Crippen LogP) is 4.04. The predicted molar refractivity (Wildman–Crippen MR) is 99.8 cm³/mol. The highest BCUT2D eigenvalue weighted by Crippen LogP contribution is 2.42. The Bertz CT molecular complexity index is 890. The Balaban J connectivity index is 1.53. The van der Waals surface area contributed by atoms with Crippen molar-refractivity contribution < 1.29 is 14.3 Å². The molecule has 132 valence electrons. The Morgan fingerprint density at radius 2 is 1.92 bits per heavy atom. The van der Waals surface area contributed by atoms with E-state index in [4.69, 9.17) is 16.3 Å². The zero-order valence-corrected chi connectivity index (χ0v) is 14.9. The van der Waals surface area contributed by atoms with E-state index in [9.17, 15) is 9.59 Å². The molecule has 0 saturated carbocycles. The van der Waals surface area contributed by atoms with Crippen molar-refractivity contribution in [2.24, 2.45) is 0 Å². The molecule has 2 aromatic carbocycles. The summed E-state index contributed by atoms with van der Waals surface area (Å²) >= 11 is 5.88. The number of fused-ring (bicyclic) bond motifs is 2. The molecule has 0 N–H and O–H groups in total. The van der Waals surface area contributed by atoms with Gasteiger partial charge in [0.2, 0.25) is 5.91 Å². The van der Waals surface area contributed by atoms with Gasteiger partial charge < -0.3 is 9.64 Å². The number of hydrogen-bond acceptors (Lipinski definition) is 3. The molecule has 4 rings (SSSR count). The molecule has 0 bridgehead atoms. The number of piperidine rings is 1. The minimum absolute atomic E-state index is 0.0838. The van der Waals surface area contributed by atoms with Crippen molar-refractivity contribution in [1.29, 1.82) is 0 Å². The van der Waals surface area contributed by atoms with Gasteiger partial charge in [0.15, 0.2) is 5.60 Å². The van der Waals surface area contributed by atoms with Crippen molar-refractivity contribution in [1.82, 2.24) is 4.90 Å². The van der Waals surface area contributed by atoms with E-state index in [0.29, 0.717) is 23.7 Å². The molecule has 5 heteroatoms. The maximum Gasteiger partial charge on any atom is 0.339 e. The van der Waals surface area contributed by atoms with Crippen LogP contribution in [0.1, 0.15) is 34.3 Å². The number of rotatable bonds is 2. The van der Waals surface area contributed by atoms with E-state index < -0.39 is 5.60 Å². The van der Waals surface area contributed by atoms with E-state index in [1.165, 1.54) is 0 Å². The molecule has 2 aromatic rings. The van der Waals surface area contributed by atoms with Crippen molar-refractivity contribution >= 4 is 29.6 Å². The number of halogens is 1. The monoisotopic (exact) mass is 367 g/mol. The van der Waals surface area contributed by atoms with Crippen molar-refractivity contribution in [3.63, 3.8) is 0 Å². The van der Waals surface area contributed by atoms with E-state index in [-0.39, 0.29) is 11.9 Å². The van der Waals surface area contributed by atoms with Gasteiger partial charge in [0.25, 0.3) is 0 Å². The number of esters is 1. The van der Waals surface area contributed by atoms with Gasteiger partial charge in [0, 0.05) is 23.2 Å². The Morgan fingerprint density at radius 1 is 1.15 bits per heavy atom. The van der Waals surface area contributed by atoms with E-state index in [0.717, 1.165) is 24.0 Å². The quantitative estimate of drug-likeness (QED) is 0.594. The SMILES string of the molecule is O=C1OC2(CCCN(C(=O)/C=C/c3ccc(Cl)cc3)C2)c2ccccc21. The number of carbonyl (C=O) groups is 2. The maximum absolute atomic E-state index is 12.6. The summed E-state index contributed by atoms with van der Waals surface area (Å²) in [5.41, 5.74) is 1.70. The van der Waals surface area contributed by atoms with Crippen LogP contribution in [0.25, 0.3) is 6.08 Å². The fraction of sp³-hybridized carbons (Fsp3) is 0.238. The minimum atomic E-state index is -0.713. The van der Waals surface area contributed by atoms with Gasteiger partial charge in [-0.3, -0.25) is 4.79 Å². The first-order chi connectivity index (χ1) is 12.6. The average Bonchev–Trinajstić information content (AvgIpc) is 2.93. The summed E-state index contributed by atoms with van der Waals surface area (Å²) in [6, 6.07) is 14.7. The molecule has 2 aliphatic rings. The normalized spacial score (nSPS) is 21.9. The summed E-state index contributed by atoms with van der Waals surface area (Å²) in [6.07, 6.45) is 4.86. The topological polar surface area (TPSA) is 46.6 Å². The zero-order chi connectivity index (χ0) is 18.1. The fourth-order valence-electron chi connectivity index (χ4n) is 3.71. The van der Waals surface area contributed by atoms with Crippen LogP contribution >= 0.6 is 11.6 Å². The fourth-order valence-corrected chi connectivity index (χ4v) is 3.83. The highest BCUT2D eigenvalue weighted by Gasteiger charge is 2.48. The summed E-state index contributed by atoms with van der Waals surface area (Å²) in [5.74, 6) is -0.383. The molecule has 1 unspecified atom stereocenters. The molecule has 26 heavy (non-hydrogen) atoms. The van der Waals surface area contributed by atoms with E-state index in [2.05, 4.69) is 0 Å². The molecular formula is C21H18ClNO3. The lowest BCUT2D eigenvalue weighted by Crippen LogP contribution is -2.48. The molecule has 2 aliphatic heterocycles. The van der Waals surface area contributed by atoms with Crippen LogP contribution in [0.4, 0.5) is 0 Å². The van der Waals surface area contributed by atoms with Crippen LogP contribution in [0.5, 0.6) is 0 Å². The minimum Gasteiger partial charge on any atom is -0.449 e. The number of likely N-dealkylation sites (tertiary alicyclic amines) is 1. The van der Waals surface area contributed by atoms with Crippen LogP contribution in [0.3, 0.4) is 0 Å². The Kier molecular flexibility index (Phi) is 4.29. The van der Waals surface area contributed by atoms with Gasteiger partial charge in [0.1, 0.15) is 0 Å². The first-order valence-electron chi connectivity index (χ1n) is 8.63. The van der Waals surface area contributed by atoms with Gasteiger partial charge in [0.05, 0.1) is 12.1 Å². The van der Waals surface area contributed by atoms with Gasteiger partial charge in [-0.05, 0) is 42.7 Å². The largest absolute Gasteiger partial charge is 0.449 e. The van der Waals surface area contributed by atoms with E-state index in [1.807, 2.05) is 30.3 Å². The highest BCUT2D eigenvalue weighted by atomic mass is 35.5. The lowest BCUT2D eigenvalue weighted by molar-refractivity contribution is -0.133. The lowest BCUT2D eigenvalue weighted by Gasteiger charge is -2.39. The maximum atomic E-state index is 12.6. The van der Waals surface area contributed by atoms with Crippen molar-refractivity contribution in [3.8, 4) is 0 Å². The van der Waals surface area contributed by atoms with Crippen molar-refractivity contribution in [2.75, 3.05) is 13.1 Å². The Hall–Kier alpha value is -2.59. The second-order valence-electron chi connectivity index (χ2n) is 6.68. The van der Waals surface area contributed by atoms with Crippen LogP contribution in [0.2, 0.25) is 5.02 Å². The average molecular weight is 368 g/mol. The summed E-state index contributed by atoms with van der Waals surface area (Å²) in [5, 5.41) is 0.660. The summed E-state index contributed by atoms with van der Waals surface area (Å²) < 4.78 is 5.75. The van der Waals surface area contributed by atoms with Crippen LogP contribution < -0.4 is 0 Å². The first kappa shape index (κ1) is 16.9. The van der Waals surface area contributed by atoms with Gasteiger partial charge in [-0.1, -0.05) is 41.9 Å².